The molecule has 1 rings (SSSR count). The van der Waals surface area contributed by atoms with Crippen LogP contribution in [0.5, 0.6) is 0 Å². The Morgan fingerprint density at radius 1 is 1.42 bits per heavy atom. The van der Waals surface area contributed by atoms with Crippen LogP contribution in [0.2, 0.25) is 5.02 Å². The van der Waals surface area contributed by atoms with E-state index in [1.54, 1.807) is 19.9 Å². The molecule has 0 fully saturated rings. The first-order valence-corrected chi connectivity index (χ1v) is 8.02. The number of sulfonamides is 1. The molecule has 0 heterocycles. The number of aryl methyl sites for hydroxylation is 1. The molecule has 0 aliphatic heterocycles. The first-order chi connectivity index (χ1) is 8.68. The van der Waals surface area contributed by atoms with E-state index in [0.29, 0.717) is 17.0 Å². The lowest BCUT2D eigenvalue weighted by molar-refractivity contribution is 0.0554. The molecule has 1 aromatic carbocycles. The highest BCUT2D eigenvalue weighted by atomic mass is 35.5. The molecule has 0 radical (unpaired) electrons. The first kappa shape index (κ1) is 16.4. The second-order valence-corrected chi connectivity index (χ2v) is 7.15. The summed E-state index contributed by atoms with van der Waals surface area (Å²) in [5, 5.41) is 10.5. The summed E-state index contributed by atoms with van der Waals surface area (Å²) in [5.41, 5.74) is -0.461. The number of nitrogens with one attached hydrogen (secondary N) is 1. The lowest BCUT2D eigenvalue weighted by Gasteiger charge is -2.23. The summed E-state index contributed by atoms with van der Waals surface area (Å²) in [5.74, 6) is 0. The highest BCUT2D eigenvalue weighted by Crippen LogP contribution is 2.20. The van der Waals surface area contributed by atoms with Crippen molar-refractivity contribution in [2.75, 3.05) is 6.54 Å². The average Bonchev–Trinajstić information content (AvgIpc) is 2.26. The van der Waals surface area contributed by atoms with Gasteiger partial charge in [0, 0.05) is 11.6 Å². The Labute approximate surface area is 119 Å². The van der Waals surface area contributed by atoms with Crippen molar-refractivity contribution < 1.29 is 13.5 Å². The number of aliphatic hydroxyl groups is 1. The summed E-state index contributed by atoms with van der Waals surface area (Å²) < 4.78 is 26.7. The number of halogens is 1. The molecule has 4 nitrogen and oxygen atoms in total. The second-order valence-electron chi connectivity index (χ2n) is 4.98. The lowest BCUT2D eigenvalue weighted by atomic mass is 10.0. The largest absolute Gasteiger partial charge is 0.389 e. The molecule has 0 spiro atoms. The molecule has 0 bridgehead atoms. The summed E-state index contributed by atoms with van der Waals surface area (Å²) in [4.78, 5) is 0.184. The van der Waals surface area contributed by atoms with E-state index in [1.165, 1.54) is 12.1 Å². The van der Waals surface area contributed by atoms with E-state index in [2.05, 4.69) is 4.72 Å². The van der Waals surface area contributed by atoms with E-state index < -0.39 is 15.6 Å². The van der Waals surface area contributed by atoms with Gasteiger partial charge in [0.25, 0.3) is 0 Å². The van der Waals surface area contributed by atoms with Crippen LogP contribution < -0.4 is 4.72 Å². The van der Waals surface area contributed by atoms with Crippen molar-refractivity contribution in [1.82, 2.24) is 4.72 Å². The molecule has 19 heavy (non-hydrogen) atoms. The minimum absolute atomic E-state index is 0.00869. The van der Waals surface area contributed by atoms with Crippen molar-refractivity contribution in [3.05, 3.63) is 28.8 Å². The fraction of sp³-hybridized carbons (Fsp3) is 0.538. The molecule has 1 atom stereocenters. The van der Waals surface area contributed by atoms with Crippen LogP contribution >= 0.6 is 11.6 Å². The fourth-order valence-electron chi connectivity index (χ4n) is 1.87. The lowest BCUT2D eigenvalue weighted by Crippen LogP contribution is -2.40. The summed E-state index contributed by atoms with van der Waals surface area (Å²) in [6.45, 7) is 5.23. The van der Waals surface area contributed by atoms with Gasteiger partial charge in [-0.25, -0.2) is 13.1 Å². The van der Waals surface area contributed by atoms with Gasteiger partial charge < -0.3 is 5.11 Å². The van der Waals surface area contributed by atoms with Crippen LogP contribution in [-0.4, -0.2) is 25.7 Å². The van der Waals surface area contributed by atoms with Gasteiger partial charge >= 0.3 is 0 Å². The Morgan fingerprint density at radius 2 is 2.05 bits per heavy atom. The molecule has 0 saturated heterocycles. The number of rotatable bonds is 6. The van der Waals surface area contributed by atoms with Gasteiger partial charge in [-0.15, -0.1) is 0 Å². The number of hydrogen-bond acceptors (Lipinski definition) is 3. The Balaban J connectivity index is 2.87. The predicted octanol–water partition coefficient (Wildman–Crippen LogP) is 2.48. The monoisotopic (exact) mass is 305 g/mol. The zero-order valence-electron chi connectivity index (χ0n) is 11.4. The van der Waals surface area contributed by atoms with Crippen molar-refractivity contribution in [2.45, 2.75) is 44.1 Å². The molecule has 0 aliphatic rings. The van der Waals surface area contributed by atoms with Crippen LogP contribution in [0.1, 0.15) is 32.3 Å². The molecule has 1 unspecified atom stereocenters. The van der Waals surface area contributed by atoms with E-state index in [9.17, 15) is 13.5 Å². The van der Waals surface area contributed by atoms with Gasteiger partial charge in [-0.2, -0.15) is 0 Å². The van der Waals surface area contributed by atoms with E-state index in [-0.39, 0.29) is 11.4 Å². The average molecular weight is 306 g/mol. The summed E-state index contributed by atoms with van der Waals surface area (Å²) in [6, 6.07) is 4.60. The van der Waals surface area contributed by atoms with Crippen molar-refractivity contribution in [3.63, 3.8) is 0 Å². The maximum atomic E-state index is 12.1. The fourth-order valence-corrected chi connectivity index (χ4v) is 3.48. The Bertz CT molecular complexity index is 541. The van der Waals surface area contributed by atoms with Crippen LogP contribution in [0, 0.1) is 6.92 Å². The molecule has 2 N–H and O–H groups in total. The molecule has 0 saturated carbocycles. The summed E-state index contributed by atoms with van der Waals surface area (Å²) in [7, 11) is -3.63. The molecule has 0 amide bonds. The van der Waals surface area contributed by atoms with Gasteiger partial charge in [-0.05, 0) is 44.0 Å². The quantitative estimate of drug-likeness (QED) is 0.848. The van der Waals surface area contributed by atoms with Gasteiger partial charge in [0.05, 0.1) is 10.5 Å². The molecule has 0 aromatic heterocycles. The van der Waals surface area contributed by atoms with Crippen molar-refractivity contribution in [3.8, 4) is 0 Å². The van der Waals surface area contributed by atoms with Crippen molar-refractivity contribution in [2.24, 2.45) is 0 Å². The zero-order valence-corrected chi connectivity index (χ0v) is 13.0. The molecule has 6 heteroatoms. The normalized spacial score (nSPS) is 15.2. The van der Waals surface area contributed by atoms with Gasteiger partial charge in [0.1, 0.15) is 0 Å². The highest BCUT2D eigenvalue weighted by molar-refractivity contribution is 7.89. The van der Waals surface area contributed by atoms with Crippen LogP contribution in [0.4, 0.5) is 0 Å². The van der Waals surface area contributed by atoms with E-state index in [4.69, 9.17) is 11.6 Å². The maximum Gasteiger partial charge on any atom is 0.240 e. The minimum atomic E-state index is -3.63. The molecular formula is C13H20ClNO3S. The smallest absolute Gasteiger partial charge is 0.240 e. The topological polar surface area (TPSA) is 66.4 Å². The first-order valence-electron chi connectivity index (χ1n) is 6.16. The third-order valence-corrected chi connectivity index (χ3v) is 4.65. The van der Waals surface area contributed by atoms with Gasteiger partial charge in [0.2, 0.25) is 10.0 Å². The Hall–Kier alpha value is -0.620. The third kappa shape index (κ3) is 4.76. The zero-order chi connectivity index (χ0) is 14.7. The van der Waals surface area contributed by atoms with Gasteiger partial charge in [-0.1, -0.05) is 24.9 Å². The van der Waals surface area contributed by atoms with Crippen molar-refractivity contribution in [1.29, 1.82) is 0 Å². The van der Waals surface area contributed by atoms with Gasteiger partial charge in [-0.3, -0.25) is 0 Å². The van der Waals surface area contributed by atoms with E-state index in [0.717, 1.165) is 6.42 Å². The predicted molar refractivity (Wildman–Crippen MR) is 76.9 cm³/mol. The summed E-state index contributed by atoms with van der Waals surface area (Å²) >= 11 is 5.80. The Kier molecular flexibility index (Phi) is 5.38. The van der Waals surface area contributed by atoms with E-state index >= 15 is 0 Å². The number of benzene rings is 1. The van der Waals surface area contributed by atoms with Gasteiger partial charge in [0.15, 0.2) is 0 Å². The standard InChI is InChI=1S/C13H20ClNO3S/c1-4-7-13(3,16)9-15-19(17,18)12-6-5-11(14)8-10(12)2/h5-6,8,15-16H,4,7,9H2,1-3H3. The second kappa shape index (κ2) is 6.22. The third-order valence-electron chi connectivity index (χ3n) is 2.86. The summed E-state index contributed by atoms with van der Waals surface area (Å²) in [6.07, 6.45) is 1.32. The highest BCUT2D eigenvalue weighted by Gasteiger charge is 2.24. The SMILES string of the molecule is CCCC(C)(O)CNS(=O)(=O)c1ccc(Cl)cc1C. The molecular weight excluding hydrogens is 286 g/mol. The van der Waals surface area contributed by atoms with Crippen molar-refractivity contribution >= 4 is 21.6 Å². The van der Waals surface area contributed by atoms with Crippen LogP contribution in [0.3, 0.4) is 0 Å². The Morgan fingerprint density at radius 3 is 2.58 bits per heavy atom. The molecule has 1 aromatic rings. The van der Waals surface area contributed by atoms with Crippen LogP contribution in [0.25, 0.3) is 0 Å². The maximum absolute atomic E-state index is 12.1. The minimum Gasteiger partial charge on any atom is -0.389 e. The van der Waals surface area contributed by atoms with Crippen LogP contribution in [-0.2, 0) is 10.0 Å². The molecule has 108 valence electrons. The number of hydrogen-bond donors (Lipinski definition) is 2. The van der Waals surface area contributed by atoms with Crippen LogP contribution in [0.15, 0.2) is 23.1 Å². The molecule has 0 aliphatic carbocycles. The van der Waals surface area contributed by atoms with E-state index in [1.807, 2.05) is 6.92 Å².